The Bertz CT molecular complexity index is 596. The molecule has 1 saturated carbocycles. The van der Waals surface area contributed by atoms with Crippen LogP contribution < -0.4 is 0 Å². The quantitative estimate of drug-likeness (QED) is 0.824. The zero-order chi connectivity index (χ0) is 17.2. The largest absolute Gasteiger partial charge is 0.381 e. The van der Waals surface area contributed by atoms with Gasteiger partial charge in [0.15, 0.2) is 0 Å². The number of amides is 1. The van der Waals surface area contributed by atoms with E-state index in [1.54, 1.807) is 0 Å². The number of halogens is 1. The van der Waals surface area contributed by atoms with Gasteiger partial charge in [0.1, 0.15) is 5.82 Å². The number of rotatable bonds is 3. The molecule has 2 heterocycles. The van der Waals surface area contributed by atoms with Crippen molar-refractivity contribution in [2.24, 2.45) is 11.8 Å². The van der Waals surface area contributed by atoms with Crippen LogP contribution >= 0.6 is 0 Å². The summed E-state index contributed by atoms with van der Waals surface area (Å²) in [5, 5.41) is 0. The lowest BCUT2D eigenvalue weighted by Crippen LogP contribution is -2.52. The minimum atomic E-state index is -0.207. The maximum absolute atomic E-state index is 13.3. The van der Waals surface area contributed by atoms with Gasteiger partial charge in [0.25, 0.3) is 0 Å². The average Bonchev–Trinajstić information content (AvgIpc) is 2.63. The lowest BCUT2D eigenvalue weighted by atomic mass is 9.68. The smallest absolute Gasteiger partial charge is 0.226 e. The average molecular weight is 345 g/mol. The standard InChI is InChI=1S/C21H28FNO2/c22-17-6-4-15(5-7-17)18-8-9-19(18)21(24)23-12-2-1-3-20(23)16-10-13-25-14-11-16/h4-7,16,18-20H,1-3,8-14H2. The number of carbonyl (C=O) groups is 1. The third kappa shape index (κ3) is 3.46. The predicted octanol–water partition coefficient (Wildman–Crippen LogP) is 4.13. The molecule has 3 atom stereocenters. The highest BCUT2D eigenvalue weighted by atomic mass is 19.1. The Morgan fingerprint density at radius 1 is 1.00 bits per heavy atom. The number of hydrogen-bond acceptors (Lipinski definition) is 2. The minimum Gasteiger partial charge on any atom is -0.381 e. The van der Waals surface area contributed by atoms with E-state index >= 15 is 0 Å². The Hall–Kier alpha value is -1.42. The third-order valence-corrected chi connectivity index (χ3v) is 6.53. The van der Waals surface area contributed by atoms with Gasteiger partial charge in [0, 0.05) is 31.7 Å². The second kappa shape index (κ2) is 7.45. The molecule has 0 aromatic heterocycles. The molecule has 0 radical (unpaired) electrons. The van der Waals surface area contributed by atoms with Crippen molar-refractivity contribution < 1.29 is 13.9 Å². The number of benzene rings is 1. The summed E-state index contributed by atoms with van der Waals surface area (Å²) < 4.78 is 18.7. The number of nitrogens with zero attached hydrogens (tertiary/aromatic N) is 1. The van der Waals surface area contributed by atoms with Crippen molar-refractivity contribution in [3.8, 4) is 0 Å². The molecule has 3 unspecified atom stereocenters. The van der Waals surface area contributed by atoms with Crippen LogP contribution in [0.4, 0.5) is 4.39 Å². The van der Waals surface area contributed by atoms with Crippen molar-refractivity contribution in [3.63, 3.8) is 0 Å². The highest BCUT2D eigenvalue weighted by molar-refractivity contribution is 5.81. The van der Waals surface area contributed by atoms with Gasteiger partial charge in [-0.2, -0.15) is 0 Å². The minimum absolute atomic E-state index is 0.0888. The summed E-state index contributed by atoms with van der Waals surface area (Å²) in [5.74, 6) is 1.09. The predicted molar refractivity (Wildman–Crippen MR) is 94.8 cm³/mol. The van der Waals surface area contributed by atoms with E-state index in [1.807, 2.05) is 12.1 Å². The summed E-state index contributed by atoms with van der Waals surface area (Å²) in [6.45, 7) is 2.59. The van der Waals surface area contributed by atoms with Crippen molar-refractivity contribution >= 4 is 5.91 Å². The van der Waals surface area contributed by atoms with E-state index in [2.05, 4.69) is 4.90 Å². The monoisotopic (exact) mass is 345 g/mol. The van der Waals surface area contributed by atoms with Gasteiger partial charge in [-0.25, -0.2) is 4.39 Å². The molecule has 136 valence electrons. The Balaban J connectivity index is 1.47. The molecule has 1 aromatic rings. The van der Waals surface area contributed by atoms with Crippen LogP contribution in [0.2, 0.25) is 0 Å². The van der Waals surface area contributed by atoms with E-state index in [1.165, 1.54) is 18.6 Å². The lowest BCUT2D eigenvalue weighted by molar-refractivity contribution is -0.145. The first-order valence-electron chi connectivity index (χ1n) is 9.88. The van der Waals surface area contributed by atoms with Crippen LogP contribution in [0, 0.1) is 17.7 Å². The molecule has 3 nitrogen and oxygen atoms in total. The molecule has 3 fully saturated rings. The van der Waals surface area contributed by atoms with Crippen molar-refractivity contribution in [2.45, 2.75) is 56.9 Å². The fourth-order valence-corrected chi connectivity index (χ4v) is 4.94. The SMILES string of the molecule is O=C(C1CCC1c1ccc(F)cc1)N1CCCCC1C1CCOCC1. The van der Waals surface area contributed by atoms with E-state index in [0.717, 1.165) is 63.8 Å². The first-order chi connectivity index (χ1) is 12.2. The third-order valence-electron chi connectivity index (χ3n) is 6.53. The molecule has 0 spiro atoms. The van der Waals surface area contributed by atoms with Crippen LogP contribution in [0.5, 0.6) is 0 Å². The number of carbonyl (C=O) groups excluding carboxylic acids is 1. The van der Waals surface area contributed by atoms with Crippen molar-refractivity contribution in [3.05, 3.63) is 35.6 Å². The molecule has 0 N–H and O–H groups in total. The van der Waals surface area contributed by atoms with Crippen LogP contribution in [0.3, 0.4) is 0 Å². The fraction of sp³-hybridized carbons (Fsp3) is 0.667. The van der Waals surface area contributed by atoms with Crippen LogP contribution in [0.1, 0.15) is 56.4 Å². The molecular formula is C21H28FNO2. The topological polar surface area (TPSA) is 29.5 Å². The Labute approximate surface area is 149 Å². The summed E-state index contributed by atoms with van der Waals surface area (Å²) in [5.41, 5.74) is 1.12. The summed E-state index contributed by atoms with van der Waals surface area (Å²) in [6, 6.07) is 7.14. The molecule has 3 aliphatic rings. The summed E-state index contributed by atoms with van der Waals surface area (Å²) in [6.07, 6.45) is 7.68. The maximum Gasteiger partial charge on any atom is 0.226 e. The van der Waals surface area contributed by atoms with E-state index in [9.17, 15) is 9.18 Å². The molecule has 1 aliphatic carbocycles. The highest BCUT2D eigenvalue weighted by Crippen LogP contribution is 2.45. The van der Waals surface area contributed by atoms with Gasteiger partial charge in [0.05, 0.1) is 0 Å². The Morgan fingerprint density at radius 3 is 2.44 bits per heavy atom. The first kappa shape index (κ1) is 17.0. The molecule has 2 saturated heterocycles. The molecule has 1 aromatic carbocycles. The van der Waals surface area contributed by atoms with Gasteiger partial charge in [-0.05, 0) is 74.5 Å². The van der Waals surface area contributed by atoms with Crippen molar-refractivity contribution in [2.75, 3.05) is 19.8 Å². The zero-order valence-electron chi connectivity index (χ0n) is 14.8. The number of piperidine rings is 1. The zero-order valence-corrected chi connectivity index (χ0v) is 14.8. The molecule has 1 amide bonds. The lowest BCUT2D eigenvalue weighted by Gasteiger charge is -2.46. The van der Waals surface area contributed by atoms with Crippen LogP contribution in [0.25, 0.3) is 0 Å². The van der Waals surface area contributed by atoms with Gasteiger partial charge in [-0.1, -0.05) is 12.1 Å². The normalized spacial score (nSPS) is 30.8. The number of hydrogen-bond donors (Lipinski definition) is 0. The van der Waals surface area contributed by atoms with Crippen LogP contribution in [0.15, 0.2) is 24.3 Å². The molecule has 25 heavy (non-hydrogen) atoms. The fourth-order valence-electron chi connectivity index (χ4n) is 4.94. The first-order valence-corrected chi connectivity index (χ1v) is 9.88. The molecule has 2 aliphatic heterocycles. The maximum atomic E-state index is 13.3. The highest BCUT2D eigenvalue weighted by Gasteiger charge is 2.43. The summed E-state index contributed by atoms with van der Waals surface area (Å²) >= 11 is 0. The van der Waals surface area contributed by atoms with Crippen LogP contribution in [-0.4, -0.2) is 36.6 Å². The van der Waals surface area contributed by atoms with E-state index in [-0.39, 0.29) is 17.7 Å². The molecule has 4 rings (SSSR count). The van der Waals surface area contributed by atoms with E-state index in [0.29, 0.717) is 17.9 Å². The van der Waals surface area contributed by atoms with Gasteiger partial charge < -0.3 is 9.64 Å². The van der Waals surface area contributed by atoms with Gasteiger partial charge >= 0.3 is 0 Å². The van der Waals surface area contributed by atoms with E-state index in [4.69, 9.17) is 4.74 Å². The molecular weight excluding hydrogens is 317 g/mol. The van der Waals surface area contributed by atoms with E-state index < -0.39 is 0 Å². The van der Waals surface area contributed by atoms with Gasteiger partial charge in [-0.3, -0.25) is 4.79 Å². The van der Waals surface area contributed by atoms with Gasteiger partial charge in [0.2, 0.25) is 5.91 Å². The van der Waals surface area contributed by atoms with Crippen molar-refractivity contribution in [1.29, 1.82) is 0 Å². The second-order valence-electron chi connectivity index (χ2n) is 7.89. The molecule has 0 bridgehead atoms. The summed E-state index contributed by atoms with van der Waals surface area (Å²) in [7, 11) is 0. The number of ether oxygens (including phenoxy) is 1. The number of likely N-dealkylation sites (tertiary alicyclic amines) is 1. The van der Waals surface area contributed by atoms with Crippen molar-refractivity contribution in [1.82, 2.24) is 4.90 Å². The Kier molecular flexibility index (Phi) is 5.07. The summed E-state index contributed by atoms with van der Waals surface area (Å²) in [4.78, 5) is 15.5. The van der Waals surface area contributed by atoms with Gasteiger partial charge in [-0.15, -0.1) is 0 Å². The molecule has 4 heteroatoms. The van der Waals surface area contributed by atoms with Crippen LogP contribution in [-0.2, 0) is 9.53 Å². The second-order valence-corrected chi connectivity index (χ2v) is 7.89. The Morgan fingerprint density at radius 2 is 1.76 bits per heavy atom.